The molecule has 0 aliphatic carbocycles. The van der Waals surface area contributed by atoms with Gasteiger partial charge in [0.05, 0.1) is 23.6 Å². The molecule has 162 valence electrons. The second-order valence-corrected chi connectivity index (χ2v) is 8.31. The van der Waals surface area contributed by atoms with Crippen molar-refractivity contribution in [2.24, 2.45) is 0 Å². The number of ether oxygens (including phenoxy) is 1. The molecular weight excluding hydrogens is 416 g/mol. The van der Waals surface area contributed by atoms with Crippen molar-refractivity contribution < 1.29 is 13.9 Å². The van der Waals surface area contributed by atoms with Crippen LogP contribution in [0, 0.1) is 0 Å². The van der Waals surface area contributed by atoms with Crippen LogP contribution in [0.1, 0.15) is 41.1 Å². The van der Waals surface area contributed by atoms with Crippen LogP contribution in [-0.2, 0) is 0 Å². The van der Waals surface area contributed by atoms with Gasteiger partial charge in [0.15, 0.2) is 5.43 Å². The van der Waals surface area contributed by atoms with Crippen molar-refractivity contribution in [2.75, 3.05) is 33.8 Å². The van der Waals surface area contributed by atoms with E-state index in [-0.39, 0.29) is 17.1 Å². The van der Waals surface area contributed by atoms with Crippen molar-refractivity contribution in [3.63, 3.8) is 0 Å². The van der Waals surface area contributed by atoms with Crippen LogP contribution in [0.15, 0.2) is 51.7 Å². The lowest BCUT2D eigenvalue weighted by atomic mass is 9.98. The largest absolute Gasteiger partial charge is 0.494 e. The molecule has 0 N–H and O–H groups in total. The SMILES string of the molecule is CCOc1ccc([C@@H]2c3c(oc4ccc(Cl)cc4c3=O)C(=O)N2CCCN(C)C)cc1. The minimum Gasteiger partial charge on any atom is -0.494 e. The third kappa shape index (κ3) is 4.05. The average molecular weight is 441 g/mol. The molecule has 0 saturated heterocycles. The van der Waals surface area contributed by atoms with E-state index in [2.05, 4.69) is 4.90 Å². The van der Waals surface area contributed by atoms with Gasteiger partial charge < -0.3 is 19.0 Å². The van der Waals surface area contributed by atoms with Crippen molar-refractivity contribution in [2.45, 2.75) is 19.4 Å². The molecule has 2 aromatic carbocycles. The van der Waals surface area contributed by atoms with Gasteiger partial charge in [-0.3, -0.25) is 9.59 Å². The van der Waals surface area contributed by atoms with Crippen LogP contribution in [-0.4, -0.2) is 49.5 Å². The number of fused-ring (bicyclic) bond motifs is 2. The zero-order valence-electron chi connectivity index (χ0n) is 17.9. The fourth-order valence-corrected chi connectivity index (χ4v) is 4.21. The van der Waals surface area contributed by atoms with Gasteiger partial charge in [0.1, 0.15) is 11.3 Å². The molecule has 0 fully saturated rings. The standard InChI is InChI=1S/C24H25ClN2O4/c1-4-30-17-9-6-15(7-10-17)21-20-22(28)18-14-16(25)8-11-19(18)31-23(20)24(29)27(21)13-5-12-26(2)3/h6-11,14,21H,4-5,12-13H2,1-3H3/t21-/m1/s1. The summed E-state index contributed by atoms with van der Waals surface area (Å²) < 4.78 is 11.5. The maximum Gasteiger partial charge on any atom is 0.290 e. The highest BCUT2D eigenvalue weighted by atomic mass is 35.5. The van der Waals surface area contributed by atoms with Crippen LogP contribution in [0.2, 0.25) is 5.02 Å². The summed E-state index contributed by atoms with van der Waals surface area (Å²) in [5.74, 6) is 0.595. The van der Waals surface area contributed by atoms with E-state index in [1.165, 1.54) is 0 Å². The quantitative estimate of drug-likeness (QED) is 0.546. The molecule has 0 unspecified atom stereocenters. The predicted octanol–water partition coefficient (Wildman–Crippen LogP) is 4.34. The number of nitrogens with zero attached hydrogens (tertiary/aromatic N) is 2. The first-order valence-electron chi connectivity index (χ1n) is 10.4. The van der Waals surface area contributed by atoms with Gasteiger partial charge in [-0.1, -0.05) is 23.7 Å². The highest BCUT2D eigenvalue weighted by molar-refractivity contribution is 6.31. The second kappa shape index (κ2) is 8.73. The summed E-state index contributed by atoms with van der Waals surface area (Å²) in [6, 6.07) is 11.9. The topological polar surface area (TPSA) is 63.0 Å². The van der Waals surface area contributed by atoms with Crippen LogP contribution in [0.5, 0.6) is 5.75 Å². The summed E-state index contributed by atoms with van der Waals surface area (Å²) in [6.07, 6.45) is 0.778. The molecule has 3 aromatic rings. The highest BCUT2D eigenvalue weighted by Crippen LogP contribution is 2.38. The Morgan fingerprint density at radius 3 is 2.55 bits per heavy atom. The lowest BCUT2D eigenvalue weighted by Crippen LogP contribution is -2.32. The van der Waals surface area contributed by atoms with Crippen LogP contribution >= 0.6 is 11.6 Å². The minimum atomic E-state index is -0.514. The fourth-order valence-electron chi connectivity index (χ4n) is 4.04. The van der Waals surface area contributed by atoms with Gasteiger partial charge in [0, 0.05) is 11.6 Å². The first-order valence-corrected chi connectivity index (χ1v) is 10.7. The third-order valence-electron chi connectivity index (χ3n) is 5.44. The van der Waals surface area contributed by atoms with E-state index in [4.69, 9.17) is 20.8 Å². The molecule has 6 nitrogen and oxygen atoms in total. The smallest absolute Gasteiger partial charge is 0.290 e. The Bertz CT molecular complexity index is 1170. The van der Waals surface area contributed by atoms with Gasteiger partial charge >= 0.3 is 0 Å². The van der Waals surface area contributed by atoms with Crippen molar-refractivity contribution >= 4 is 28.5 Å². The molecule has 2 heterocycles. The van der Waals surface area contributed by atoms with Crippen molar-refractivity contribution in [1.29, 1.82) is 0 Å². The van der Waals surface area contributed by atoms with E-state index < -0.39 is 6.04 Å². The maximum atomic E-state index is 13.5. The van der Waals surface area contributed by atoms with Crippen LogP contribution < -0.4 is 10.2 Å². The van der Waals surface area contributed by atoms with Crippen LogP contribution in [0.25, 0.3) is 11.0 Å². The number of halogens is 1. The van der Waals surface area contributed by atoms with Crippen molar-refractivity contribution in [3.05, 3.63) is 74.6 Å². The number of carbonyl (C=O) groups excluding carboxylic acids is 1. The normalized spacial score (nSPS) is 15.7. The molecule has 1 atom stereocenters. The first kappa shape index (κ1) is 21.4. The Balaban J connectivity index is 1.84. The summed E-state index contributed by atoms with van der Waals surface area (Å²) in [7, 11) is 3.98. The summed E-state index contributed by atoms with van der Waals surface area (Å²) in [6.45, 7) is 3.83. The van der Waals surface area contributed by atoms with Crippen molar-refractivity contribution in [1.82, 2.24) is 9.80 Å². The summed E-state index contributed by atoms with van der Waals surface area (Å²) >= 11 is 6.12. The summed E-state index contributed by atoms with van der Waals surface area (Å²) in [5.41, 5.74) is 1.35. The molecule has 1 aliphatic rings. The van der Waals surface area contributed by atoms with Crippen LogP contribution in [0.3, 0.4) is 0 Å². The molecule has 4 rings (SSSR count). The third-order valence-corrected chi connectivity index (χ3v) is 5.67. The van der Waals surface area contributed by atoms with E-state index in [0.717, 1.165) is 24.3 Å². The predicted molar refractivity (Wildman–Crippen MR) is 121 cm³/mol. The van der Waals surface area contributed by atoms with E-state index in [1.54, 1.807) is 23.1 Å². The molecule has 1 amide bonds. The first-order chi connectivity index (χ1) is 14.9. The van der Waals surface area contributed by atoms with Gasteiger partial charge in [0.2, 0.25) is 5.76 Å². The van der Waals surface area contributed by atoms with Gasteiger partial charge in [-0.05, 0) is 69.9 Å². The Labute approximate surface area is 186 Å². The second-order valence-electron chi connectivity index (χ2n) is 7.87. The van der Waals surface area contributed by atoms with E-state index in [9.17, 15) is 9.59 Å². The Kier molecular flexibility index (Phi) is 6.03. The van der Waals surface area contributed by atoms with E-state index >= 15 is 0 Å². The minimum absolute atomic E-state index is 0.114. The van der Waals surface area contributed by atoms with Gasteiger partial charge in [0.25, 0.3) is 5.91 Å². The molecule has 0 spiro atoms. The Morgan fingerprint density at radius 1 is 1.13 bits per heavy atom. The number of amides is 1. The Morgan fingerprint density at radius 2 is 1.87 bits per heavy atom. The number of benzene rings is 2. The lowest BCUT2D eigenvalue weighted by molar-refractivity contribution is 0.0722. The number of hydrogen-bond acceptors (Lipinski definition) is 5. The molecule has 7 heteroatoms. The molecule has 1 aliphatic heterocycles. The molecule has 0 radical (unpaired) electrons. The zero-order valence-corrected chi connectivity index (χ0v) is 18.6. The lowest BCUT2D eigenvalue weighted by Gasteiger charge is -2.26. The summed E-state index contributed by atoms with van der Waals surface area (Å²) in [4.78, 5) is 30.6. The van der Waals surface area contributed by atoms with E-state index in [0.29, 0.717) is 34.7 Å². The molecule has 0 bridgehead atoms. The number of rotatable bonds is 7. The number of carbonyl (C=O) groups is 1. The monoisotopic (exact) mass is 440 g/mol. The van der Waals surface area contributed by atoms with Gasteiger partial charge in [-0.2, -0.15) is 0 Å². The van der Waals surface area contributed by atoms with E-state index in [1.807, 2.05) is 45.3 Å². The fraction of sp³-hybridized carbons (Fsp3) is 0.333. The zero-order chi connectivity index (χ0) is 22.1. The van der Waals surface area contributed by atoms with Crippen LogP contribution in [0.4, 0.5) is 0 Å². The molecule has 31 heavy (non-hydrogen) atoms. The molecule has 0 saturated carbocycles. The van der Waals surface area contributed by atoms with Crippen molar-refractivity contribution in [3.8, 4) is 5.75 Å². The van der Waals surface area contributed by atoms with Gasteiger partial charge in [-0.25, -0.2) is 0 Å². The highest BCUT2D eigenvalue weighted by Gasteiger charge is 2.42. The molecular formula is C24H25ClN2O4. The summed E-state index contributed by atoms with van der Waals surface area (Å²) in [5, 5.41) is 0.828. The van der Waals surface area contributed by atoms with Gasteiger partial charge in [-0.15, -0.1) is 0 Å². The maximum absolute atomic E-state index is 13.5. The average Bonchev–Trinajstić information content (AvgIpc) is 3.02. The number of hydrogen-bond donors (Lipinski definition) is 0. The molecule has 1 aromatic heterocycles. The Hall–Kier alpha value is -2.83.